The molecule has 1 aromatic rings. The van der Waals surface area contributed by atoms with Gasteiger partial charge in [0.1, 0.15) is 0 Å². The molecule has 6 nitrogen and oxygen atoms in total. The topological polar surface area (TPSA) is 85.1 Å². The zero-order valence-electron chi connectivity index (χ0n) is 11.4. The molecular weight excluding hydrogens is 254 g/mol. The average Bonchev–Trinajstić information content (AvgIpc) is 2.65. The van der Waals surface area contributed by atoms with Crippen molar-refractivity contribution in [3.63, 3.8) is 0 Å². The lowest BCUT2D eigenvalue weighted by Crippen LogP contribution is -2.28. The molecule has 0 saturated carbocycles. The second kappa shape index (κ2) is 5.79. The molecule has 104 valence electrons. The van der Waals surface area contributed by atoms with E-state index in [9.17, 15) is 8.42 Å². The lowest BCUT2D eigenvalue weighted by molar-refractivity contribution is 0.318. The smallest absolute Gasteiger partial charge is 0.232 e. The van der Waals surface area contributed by atoms with Gasteiger partial charge in [0.15, 0.2) is 5.82 Å². The second-order valence-corrected chi connectivity index (χ2v) is 7.16. The van der Waals surface area contributed by atoms with Gasteiger partial charge in [0.25, 0.3) is 0 Å². The molecule has 0 atom stereocenters. The molecule has 1 N–H and O–H groups in total. The molecule has 0 saturated heterocycles. The first-order valence-corrected chi connectivity index (χ1v) is 7.70. The summed E-state index contributed by atoms with van der Waals surface area (Å²) < 4.78 is 30.4. The standard InChI is InChI=1S/C11H21N3O3S/c1-5-8-18(15,16)12-7-6-9-13-10(17-14-9)11(2,3)4/h12H,5-8H2,1-4H3. The average molecular weight is 275 g/mol. The summed E-state index contributed by atoms with van der Waals surface area (Å²) in [5.41, 5.74) is -0.188. The van der Waals surface area contributed by atoms with Crippen molar-refractivity contribution in [2.45, 2.75) is 46.0 Å². The van der Waals surface area contributed by atoms with Gasteiger partial charge in [0.2, 0.25) is 15.9 Å². The molecule has 0 aromatic carbocycles. The van der Waals surface area contributed by atoms with Crippen LogP contribution in [0.3, 0.4) is 0 Å². The van der Waals surface area contributed by atoms with Gasteiger partial charge in [-0.2, -0.15) is 4.98 Å². The number of nitrogens with one attached hydrogen (secondary N) is 1. The normalized spacial score (nSPS) is 12.9. The molecular formula is C11H21N3O3S. The fraction of sp³-hybridized carbons (Fsp3) is 0.818. The van der Waals surface area contributed by atoms with Crippen molar-refractivity contribution in [3.05, 3.63) is 11.7 Å². The maximum atomic E-state index is 11.4. The fourth-order valence-corrected chi connectivity index (χ4v) is 2.41. The van der Waals surface area contributed by atoms with E-state index in [0.717, 1.165) is 0 Å². The van der Waals surface area contributed by atoms with E-state index >= 15 is 0 Å². The SMILES string of the molecule is CCCS(=O)(=O)NCCc1noc(C(C)(C)C)n1. The number of hydrogen-bond acceptors (Lipinski definition) is 5. The van der Waals surface area contributed by atoms with E-state index in [1.165, 1.54) is 0 Å². The zero-order valence-corrected chi connectivity index (χ0v) is 12.2. The largest absolute Gasteiger partial charge is 0.339 e. The number of rotatable bonds is 6. The first kappa shape index (κ1) is 15.1. The predicted molar refractivity (Wildman–Crippen MR) is 68.8 cm³/mol. The van der Waals surface area contributed by atoms with Gasteiger partial charge in [-0.05, 0) is 6.42 Å². The molecule has 0 spiro atoms. The molecule has 0 aliphatic heterocycles. The Hall–Kier alpha value is -0.950. The molecule has 7 heteroatoms. The van der Waals surface area contributed by atoms with Gasteiger partial charge in [-0.3, -0.25) is 0 Å². The maximum absolute atomic E-state index is 11.4. The van der Waals surface area contributed by atoms with Crippen LogP contribution in [-0.2, 0) is 21.9 Å². The van der Waals surface area contributed by atoms with Crippen molar-refractivity contribution in [1.82, 2.24) is 14.9 Å². The number of aromatic nitrogens is 2. The zero-order chi connectivity index (χ0) is 13.8. The molecule has 0 radical (unpaired) electrons. The summed E-state index contributed by atoms with van der Waals surface area (Å²) in [5.74, 6) is 1.24. The van der Waals surface area contributed by atoms with Crippen LogP contribution < -0.4 is 4.72 Å². The van der Waals surface area contributed by atoms with Crippen molar-refractivity contribution >= 4 is 10.0 Å². The Morgan fingerprint density at radius 1 is 1.33 bits per heavy atom. The highest BCUT2D eigenvalue weighted by Gasteiger charge is 2.21. The van der Waals surface area contributed by atoms with Crippen LogP contribution in [0.15, 0.2) is 4.52 Å². The van der Waals surface area contributed by atoms with E-state index in [1.807, 2.05) is 27.7 Å². The van der Waals surface area contributed by atoms with E-state index in [4.69, 9.17) is 4.52 Å². The number of sulfonamides is 1. The van der Waals surface area contributed by atoms with Crippen molar-refractivity contribution in [2.75, 3.05) is 12.3 Å². The summed E-state index contributed by atoms with van der Waals surface area (Å²) in [6.45, 7) is 8.07. The fourth-order valence-electron chi connectivity index (χ4n) is 1.32. The first-order valence-electron chi connectivity index (χ1n) is 6.05. The van der Waals surface area contributed by atoms with Gasteiger partial charge in [0.05, 0.1) is 5.75 Å². The van der Waals surface area contributed by atoms with Crippen LogP contribution in [0.1, 0.15) is 45.8 Å². The quantitative estimate of drug-likeness (QED) is 0.844. The third-order valence-corrected chi connectivity index (χ3v) is 3.84. The highest BCUT2D eigenvalue weighted by molar-refractivity contribution is 7.89. The van der Waals surface area contributed by atoms with Gasteiger partial charge in [0, 0.05) is 18.4 Å². The summed E-state index contributed by atoms with van der Waals surface area (Å²) in [4.78, 5) is 4.23. The van der Waals surface area contributed by atoms with E-state index in [1.54, 1.807) is 0 Å². The number of hydrogen-bond donors (Lipinski definition) is 1. The van der Waals surface area contributed by atoms with Crippen LogP contribution >= 0.6 is 0 Å². The van der Waals surface area contributed by atoms with E-state index in [0.29, 0.717) is 31.1 Å². The monoisotopic (exact) mass is 275 g/mol. The molecule has 1 rings (SSSR count). The molecule has 0 amide bonds. The lowest BCUT2D eigenvalue weighted by atomic mass is 9.97. The maximum Gasteiger partial charge on any atom is 0.232 e. The summed E-state index contributed by atoms with van der Waals surface area (Å²) in [5, 5.41) is 3.83. The Bertz CT molecular complexity index is 474. The van der Waals surface area contributed by atoms with Crippen molar-refractivity contribution in [2.24, 2.45) is 0 Å². The molecule has 0 aliphatic carbocycles. The Kier molecular flexibility index (Phi) is 4.86. The molecule has 0 fully saturated rings. The van der Waals surface area contributed by atoms with E-state index in [-0.39, 0.29) is 11.2 Å². The molecule has 0 aliphatic rings. The van der Waals surface area contributed by atoms with E-state index in [2.05, 4.69) is 14.9 Å². The van der Waals surface area contributed by atoms with Gasteiger partial charge < -0.3 is 4.52 Å². The third kappa shape index (κ3) is 4.73. The van der Waals surface area contributed by atoms with Crippen LogP contribution in [0.4, 0.5) is 0 Å². The molecule has 0 unspecified atom stereocenters. The Balaban J connectivity index is 2.48. The molecule has 0 bridgehead atoms. The summed E-state index contributed by atoms with van der Waals surface area (Å²) in [6, 6.07) is 0. The van der Waals surface area contributed by atoms with Gasteiger partial charge in [-0.1, -0.05) is 32.9 Å². The minimum atomic E-state index is -3.16. The minimum absolute atomic E-state index is 0.145. The Labute approximate surface area is 108 Å². The summed E-state index contributed by atoms with van der Waals surface area (Å²) in [7, 11) is -3.16. The highest BCUT2D eigenvalue weighted by Crippen LogP contribution is 2.19. The van der Waals surface area contributed by atoms with Gasteiger partial charge in [-0.25, -0.2) is 13.1 Å². The lowest BCUT2D eigenvalue weighted by Gasteiger charge is -2.10. The van der Waals surface area contributed by atoms with Crippen LogP contribution in [0, 0.1) is 0 Å². The van der Waals surface area contributed by atoms with Crippen LogP contribution in [0.5, 0.6) is 0 Å². The van der Waals surface area contributed by atoms with Crippen LogP contribution in [0.25, 0.3) is 0 Å². The predicted octanol–water partition coefficient (Wildman–Crippen LogP) is 1.24. The third-order valence-electron chi connectivity index (χ3n) is 2.25. The van der Waals surface area contributed by atoms with Crippen LogP contribution in [-0.4, -0.2) is 30.9 Å². The Morgan fingerprint density at radius 3 is 2.50 bits per heavy atom. The Morgan fingerprint density at radius 2 is 2.00 bits per heavy atom. The van der Waals surface area contributed by atoms with Gasteiger partial charge >= 0.3 is 0 Å². The molecule has 18 heavy (non-hydrogen) atoms. The second-order valence-electron chi connectivity index (χ2n) is 5.23. The van der Waals surface area contributed by atoms with Crippen LogP contribution in [0.2, 0.25) is 0 Å². The van der Waals surface area contributed by atoms with Crippen molar-refractivity contribution in [1.29, 1.82) is 0 Å². The minimum Gasteiger partial charge on any atom is -0.339 e. The summed E-state index contributed by atoms with van der Waals surface area (Å²) in [6.07, 6.45) is 1.04. The number of nitrogens with zero attached hydrogens (tertiary/aromatic N) is 2. The van der Waals surface area contributed by atoms with Crippen molar-refractivity contribution < 1.29 is 12.9 Å². The van der Waals surface area contributed by atoms with Gasteiger partial charge in [-0.15, -0.1) is 0 Å². The molecule has 1 aromatic heterocycles. The van der Waals surface area contributed by atoms with Crippen molar-refractivity contribution in [3.8, 4) is 0 Å². The molecule has 1 heterocycles. The highest BCUT2D eigenvalue weighted by atomic mass is 32.2. The first-order chi connectivity index (χ1) is 8.24. The van der Waals surface area contributed by atoms with E-state index < -0.39 is 10.0 Å². The summed E-state index contributed by atoms with van der Waals surface area (Å²) >= 11 is 0.